The smallest absolute Gasteiger partial charge is 0.412 e. The predicted octanol–water partition coefficient (Wildman–Crippen LogP) is 5.91. The molecule has 7 heteroatoms. The van der Waals surface area contributed by atoms with Crippen LogP contribution in [0, 0.1) is 13.8 Å². The van der Waals surface area contributed by atoms with E-state index in [2.05, 4.69) is 24.1 Å². The Hall–Kier alpha value is -3.32. The number of benzene rings is 3. The number of aryl methyl sites for hydroxylation is 2. The van der Waals surface area contributed by atoms with E-state index in [-0.39, 0.29) is 10.6 Å². The SMILES string of the molecule is CCN(CC)c1ccc(NC(=O)OC(CS(=O)(=O)c2ccc(C)cc2)c2ccccc2)c(C)c1. The van der Waals surface area contributed by atoms with Crippen LogP contribution >= 0.6 is 0 Å². The van der Waals surface area contributed by atoms with Crippen LogP contribution in [0.3, 0.4) is 0 Å². The molecule has 0 aromatic heterocycles. The Morgan fingerprint density at radius 2 is 1.59 bits per heavy atom. The summed E-state index contributed by atoms with van der Waals surface area (Å²) < 4.78 is 31.8. The number of amides is 1. The van der Waals surface area contributed by atoms with Gasteiger partial charge in [-0.25, -0.2) is 13.2 Å². The summed E-state index contributed by atoms with van der Waals surface area (Å²) in [6.07, 6.45) is -1.66. The molecule has 0 aliphatic rings. The third-order valence-electron chi connectivity index (χ3n) is 5.75. The van der Waals surface area contributed by atoms with Crippen LogP contribution in [-0.2, 0) is 14.6 Å². The van der Waals surface area contributed by atoms with Gasteiger partial charge in [0.15, 0.2) is 9.84 Å². The largest absolute Gasteiger partial charge is 0.440 e. The van der Waals surface area contributed by atoms with Crippen molar-refractivity contribution in [3.63, 3.8) is 0 Å². The van der Waals surface area contributed by atoms with Gasteiger partial charge in [0.2, 0.25) is 0 Å². The number of carbonyl (C=O) groups excluding carboxylic acids is 1. The lowest BCUT2D eigenvalue weighted by Crippen LogP contribution is -2.24. The Bertz CT molecular complexity index is 1210. The van der Waals surface area contributed by atoms with Gasteiger partial charge in [0.1, 0.15) is 6.10 Å². The molecule has 34 heavy (non-hydrogen) atoms. The molecular formula is C27H32N2O4S. The molecule has 180 valence electrons. The summed E-state index contributed by atoms with van der Waals surface area (Å²) in [6, 6.07) is 21.4. The first-order chi connectivity index (χ1) is 16.2. The van der Waals surface area contributed by atoms with E-state index in [4.69, 9.17) is 4.74 Å². The normalized spacial score (nSPS) is 12.1. The second kappa shape index (κ2) is 11.2. The number of nitrogens with zero attached hydrogens (tertiary/aromatic N) is 1. The van der Waals surface area contributed by atoms with E-state index >= 15 is 0 Å². The van der Waals surface area contributed by atoms with Gasteiger partial charge in [-0.3, -0.25) is 5.32 Å². The van der Waals surface area contributed by atoms with Crippen molar-refractivity contribution in [2.75, 3.05) is 29.1 Å². The van der Waals surface area contributed by atoms with Crippen molar-refractivity contribution in [3.8, 4) is 0 Å². The molecule has 1 amide bonds. The van der Waals surface area contributed by atoms with Gasteiger partial charge in [0.05, 0.1) is 10.6 Å². The van der Waals surface area contributed by atoms with Crippen molar-refractivity contribution in [1.82, 2.24) is 0 Å². The molecule has 3 aromatic rings. The summed E-state index contributed by atoms with van der Waals surface area (Å²) in [7, 11) is -3.68. The summed E-state index contributed by atoms with van der Waals surface area (Å²) >= 11 is 0. The second-order valence-corrected chi connectivity index (χ2v) is 10.2. The molecular weight excluding hydrogens is 448 g/mol. The predicted molar refractivity (Wildman–Crippen MR) is 137 cm³/mol. The molecule has 0 saturated heterocycles. The molecule has 0 bridgehead atoms. The molecule has 0 heterocycles. The second-order valence-electron chi connectivity index (χ2n) is 8.20. The molecule has 0 fully saturated rings. The highest BCUT2D eigenvalue weighted by Gasteiger charge is 2.26. The van der Waals surface area contributed by atoms with E-state index in [0.29, 0.717) is 11.3 Å². The van der Waals surface area contributed by atoms with Crippen LogP contribution < -0.4 is 10.2 Å². The molecule has 1 atom stereocenters. The van der Waals surface area contributed by atoms with Crippen molar-refractivity contribution < 1.29 is 17.9 Å². The first-order valence-corrected chi connectivity index (χ1v) is 13.1. The number of carbonyl (C=O) groups is 1. The minimum Gasteiger partial charge on any atom is -0.440 e. The number of ether oxygens (including phenoxy) is 1. The van der Waals surface area contributed by atoms with Gasteiger partial charge in [-0.15, -0.1) is 0 Å². The van der Waals surface area contributed by atoms with Gasteiger partial charge < -0.3 is 9.64 Å². The van der Waals surface area contributed by atoms with E-state index in [1.807, 2.05) is 38.1 Å². The number of anilines is 2. The monoisotopic (exact) mass is 480 g/mol. The average Bonchev–Trinajstić information content (AvgIpc) is 2.82. The van der Waals surface area contributed by atoms with E-state index in [0.717, 1.165) is 29.9 Å². The maximum atomic E-state index is 13.1. The number of rotatable bonds is 9. The molecule has 1 N–H and O–H groups in total. The highest BCUT2D eigenvalue weighted by molar-refractivity contribution is 7.91. The average molecular weight is 481 g/mol. The third kappa shape index (κ3) is 6.38. The topological polar surface area (TPSA) is 75.7 Å². The van der Waals surface area contributed by atoms with Crippen LogP contribution in [0.4, 0.5) is 16.2 Å². The van der Waals surface area contributed by atoms with Crippen LogP contribution in [0.15, 0.2) is 77.7 Å². The summed E-state index contributed by atoms with van der Waals surface area (Å²) in [6.45, 7) is 9.78. The molecule has 0 saturated carbocycles. The Balaban J connectivity index is 1.79. The summed E-state index contributed by atoms with van der Waals surface area (Å²) in [4.78, 5) is 15.2. The minimum atomic E-state index is -3.68. The number of hydrogen-bond donors (Lipinski definition) is 1. The van der Waals surface area contributed by atoms with Gasteiger partial charge in [-0.1, -0.05) is 48.0 Å². The zero-order chi connectivity index (χ0) is 24.7. The van der Waals surface area contributed by atoms with Crippen molar-refractivity contribution in [2.45, 2.75) is 38.7 Å². The fourth-order valence-electron chi connectivity index (χ4n) is 3.75. The van der Waals surface area contributed by atoms with Crippen molar-refractivity contribution in [1.29, 1.82) is 0 Å². The Kier molecular flexibility index (Phi) is 8.34. The summed E-state index contributed by atoms with van der Waals surface area (Å²) in [5.74, 6) is -0.354. The zero-order valence-corrected chi connectivity index (χ0v) is 20.9. The molecule has 0 aliphatic heterocycles. The van der Waals surface area contributed by atoms with E-state index in [1.54, 1.807) is 48.5 Å². The van der Waals surface area contributed by atoms with Gasteiger partial charge >= 0.3 is 6.09 Å². The lowest BCUT2D eigenvalue weighted by Gasteiger charge is -2.23. The standard InChI is InChI=1S/C27H32N2O4S/c1-5-29(6-2)23-14-17-25(21(4)18-23)28-27(30)33-26(22-10-8-7-9-11-22)19-34(31,32)24-15-12-20(3)13-16-24/h7-18,26H,5-6,19H2,1-4H3,(H,28,30). The fourth-order valence-corrected chi connectivity index (χ4v) is 5.15. The first-order valence-electron chi connectivity index (χ1n) is 11.4. The van der Waals surface area contributed by atoms with Gasteiger partial charge in [-0.05, 0) is 69.2 Å². The molecule has 0 spiro atoms. The van der Waals surface area contributed by atoms with Crippen LogP contribution in [0.2, 0.25) is 0 Å². The Morgan fingerprint density at radius 3 is 2.18 bits per heavy atom. The maximum Gasteiger partial charge on any atom is 0.412 e. The highest BCUT2D eigenvalue weighted by atomic mass is 32.2. The fraction of sp³-hybridized carbons (Fsp3) is 0.296. The molecule has 3 aromatic carbocycles. The van der Waals surface area contributed by atoms with Crippen molar-refractivity contribution in [2.24, 2.45) is 0 Å². The molecule has 0 aliphatic carbocycles. The van der Waals surface area contributed by atoms with Gasteiger partial charge in [-0.2, -0.15) is 0 Å². The van der Waals surface area contributed by atoms with E-state index < -0.39 is 22.0 Å². The highest BCUT2D eigenvalue weighted by Crippen LogP contribution is 2.26. The van der Waals surface area contributed by atoms with Gasteiger partial charge in [0.25, 0.3) is 0 Å². The zero-order valence-electron chi connectivity index (χ0n) is 20.1. The number of hydrogen-bond acceptors (Lipinski definition) is 5. The number of nitrogens with one attached hydrogen (secondary N) is 1. The summed E-state index contributed by atoms with van der Waals surface area (Å²) in [5.41, 5.74) is 4.17. The van der Waals surface area contributed by atoms with Crippen LogP contribution in [0.1, 0.15) is 36.6 Å². The quantitative estimate of drug-likeness (QED) is 0.412. The summed E-state index contributed by atoms with van der Waals surface area (Å²) in [5, 5.41) is 2.77. The molecule has 0 radical (unpaired) electrons. The molecule has 3 rings (SSSR count). The third-order valence-corrected chi connectivity index (χ3v) is 7.48. The molecule has 1 unspecified atom stereocenters. The lowest BCUT2D eigenvalue weighted by atomic mass is 10.1. The van der Waals surface area contributed by atoms with Crippen molar-refractivity contribution >= 4 is 27.3 Å². The van der Waals surface area contributed by atoms with Gasteiger partial charge in [0, 0.05) is 24.5 Å². The Morgan fingerprint density at radius 1 is 0.941 bits per heavy atom. The first kappa shape index (κ1) is 25.3. The Labute approximate surface area is 202 Å². The maximum absolute atomic E-state index is 13.1. The van der Waals surface area contributed by atoms with Crippen LogP contribution in [0.5, 0.6) is 0 Å². The van der Waals surface area contributed by atoms with Crippen LogP contribution in [0.25, 0.3) is 0 Å². The minimum absolute atomic E-state index is 0.200. The van der Waals surface area contributed by atoms with E-state index in [9.17, 15) is 13.2 Å². The lowest BCUT2D eigenvalue weighted by molar-refractivity contribution is 0.122. The number of sulfone groups is 1. The van der Waals surface area contributed by atoms with E-state index in [1.165, 1.54) is 0 Å². The molecule has 6 nitrogen and oxygen atoms in total. The van der Waals surface area contributed by atoms with Crippen molar-refractivity contribution in [3.05, 3.63) is 89.5 Å². The van der Waals surface area contributed by atoms with Crippen LogP contribution in [-0.4, -0.2) is 33.4 Å².